The Kier molecular flexibility index (Phi) is 5.24. The van der Waals surface area contributed by atoms with Crippen molar-refractivity contribution >= 4 is 16.5 Å². The molecule has 6 nitrogen and oxygen atoms in total. The number of benzene rings is 2. The lowest BCUT2D eigenvalue weighted by Gasteiger charge is -2.46. The maximum atomic E-state index is 10.3. The lowest BCUT2D eigenvalue weighted by molar-refractivity contribution is -0.897. The molecule has 0 aromatic heterocycles. The van der Waals surface area contributed by atoms with Gasteiger partial charge in [-0.3, -0.25) is 0 Å². The van der Waals surface area contributed by atoms with Gasteiger partial charge >= 0.3 is 0 Å². The van der Waals surface area contributed by atoms with Gasteiger partial charge in [0.15, 0.2) is 5.41 Å². The van der Waals surface area contributed by atoms with E-state index in [9.17, 15) is 15.8 Å². The van der Waals surface area contributed by atoms with Crippen LogP contribution in [0.1, 0.15) is 18.4 Å². The van der Waals surface area contributed by atoms with E-state index in [1.807, 2.05) is 36.4 Å². The molecule has 1 aliphatic heterocycles. The fourth-order valence-corrected chi connectivity index (χ4v) is 5.34. The van der Waals surface area contributed by atoms with E-state index in [4.69, 9.17) is 10.1 Å². The van der Waals surface area contributed by atoms with Crippen LogP contribution in [0.2, 0.25) is 0 Å². The number of hydrogen-bond acceptors (Lipinski definition) is 5. The second-order valence-electron chi connectivity index (χ2n) is 8.21. The monoisotopic (exact) mass is 410 g/mol. The number of methoxy groups -OCH3 is 1. The van der Waals surface area contributed by atoms with Crippen LogP contribution in [-0.4, -0.2) is 32.5 Å². The molecule has 1 fully saturated rings. The van der Waals surface area contributed by atoms with Gasteiger partial charge in [0.05, 0.1) is 50.7 Å². The first-order chi connectivity index (χ1) is 15.1. The second kappa shape index (κ2) is 7.88. The zero-order valence-corrected chi connectivity index (χ0v) is 17.6. The van der Waals surface area contributed by atoms with Crippen molar-refractivity contribution in [1.29, 1.82) is 21.2 Å². The fraction of sp³-hybridized carbons (Fsp3) is 0.360. The SMILES string of the molecule is CC[NH+]1CC=C2C(C#N)C(=N)C(C#N)(C#N)[C@H](c3ccc(OC)c4ccccc34)[C@H]2C1. The fourth-order valence-electron chi connectivity index (χ4n) is 5.34. The standard InChI is InChI=1S/C25H23N5O/c1-3-30-11-10-17-20(12-26)24(29)25(14-27,15-28)23(21(17)13-30)19-8-9-22(31-2)18-7-5-4-6-16(18)19/h4-10,20-21,23,29H,3,11,13H2,1-2H3/p+1/t20?,21-,23+/m0/s1. The van der Waals surface area contributed by atoms with Crippen molar-refractivity contribution in [3.63, 3.8) is 0 Å². The van der Waals surface area contributed by atoms with Gasteiger partial charge in [-0.05, 0) is 35.6 Å². The molecule has 2 aromatic carbocycles. The molecular formula is C25H24N5O+. The highest BCUT2D eigenvalue weighted by Gasteiger charge is 2.58. The Morgan fingerprint density at radius 3 is 2.45 bits per heavy atom. The van der Waals surface area contributed by atoms with Gasteiger partial charge in [0, 0.05) is 17.2 Å². The Bertz CT molecular complexity index is 1200. The summed E-state index contributed by atoms with van der Waals surface area (Å²) >= 11 is 0. The van der Waals surface area contributed by atoms with Crippen molar-refractivity contribution in [2.75, 3.05) is 26.7 Å². The molecule has 0 radical (unpaired) electrons. The number of nitrogens with zero attached hydrogens (tertiary/aromatic N) is 3. The van der Waals surface area contributed by atoms with Crippen molar-refractivity contribution in [2.24, 2.45) is 17.3 Å². The number of fused-ring (bicyclic) bond motifs is 2. The van der Waals surface area contributed by atoms with Crippen LogP contribution >= 0.6 is 0 Å². The van der Waals surface area contributed by atoms with Crippen LogP contribution in [0.3, 0.4) is 0 Å². The summed E-state index contributed by atoms with van der Waals surface area (Å²) in [5.41, 5.74) is -0.0624. The predicted molar refractivity (Wildman–Crippen MR) is 117 cm³/mol. The molecule has 154 valence electrons. The molecule has 0 saturated heterocycles. The summed E-state index contributed by atoms with van der Waals surface area (Å²) in [5.74, 6) is -0.814. The van der Waals surface area contributed by atoms with Gasteiger partial charge in [0.25, 0.3) is 0 Å². The predicted octanol–water partition coefficient (Wildman–Crippen LogP) is 2.60. The third-order valence-electron chi connectivity index (χ3n) is 6.93. The van der Waals surface area contributed by atoms with Crippen molar-refractivity contribution in [3.8, 4) is 24.0 Å². The second-order valence-corrected chi connectivity index (χ2v) is 8.21. The summed E-state index contributed by atoms with van der Waals surface area (Å²) < 4.78 is 5.54. The highest BCUT2D eigenvalue weighted by Crippen LogP contribution is 2.54. The molecular weight excluding hydrogens is 386 g/mol. The molecule has 2 unspecified atom stereocenters. The molecule has 0 bridgehead atoms. The summed E-state index contributed by atoms with van der Waals surface area (Å²) in [6.45, 7) is 4.54. The van der Waals surface area contributed by atoms with Crippen molar-refractivity contribution in [3.05, 3.63) is 53.6 Å². The highest BCUT2D eigenvalue weighted by atomic mass is 16.5. The number of hydrogen-bond donors (Lipinski definition) is 2. The Morgan fingerprint density at radius 1 is 1.13 bits per heavy atom. The van der Waals surface area contributed by atoms with Crippen LogP contribution in [0, 0.1) is 56.7 Å². The van der Waals surface area contributed by atoms with Crippen molar-refractivity contribution in [2.45, 2.75) is 12.8 Å². The molecule has 0 spiro atoms. The quantitative estimate of drug-likeness (QED) is 0.758. The summed E-state index contributed by atoms with van der Waals surface area (Å²) in [6.07, 6.45) is 2.06. The molecule has 0 amide bonds. The van der Waals surface area contributed by atoms with E-state index in [2.05, 4.69) is 31.2 Å². The number of likely N-dealkylation sites (N-methyl/N-ethyl adjacent to an activating group) is 1. The van der Waals surface area contributed by atoms with E-state index in [1.54, 1.807) is 7.11 Å². The van der Waals surface area contributed by atoms with Gasteiger partial charge < -0.3 is 15.0 Å². The smallest absolute Gasteiger partial charge is 0.189 e. The summed E-state index contributed by atoms with van der Waals surface area (Å²) in [5, 5.41) is 41.0. The lowest BCUT2D eigenvalue weighted by Crippen LogP contribution is -3.13. The molecule has 1 heterocycles. The van der Waals surface area contributed by atoms with Crippen LogP contribution < -0.4 is 9.64 Å². The lowest BCUT2D eigenvalue weighted by atomic mass is 9.54. The van der Waals surface area contributed by atoms with Crippen LogP contribution in [0.25, 0.3) is 10.8 Å². The summed E-state index contributed by atoms with van der Waals surface area (Å²) in [6, 6.07) is 18.2. The van der Waals surface area contributed by atoms with Gasteiger partial charge in [-0.25, -0.2) is 0 Å². The number of nitriles is 3. The highest BCUT2D eigenvalue weighted by molar-refractivity contribution is 6.02. The van der Waals surface area contributed by atoms with Crippen LogP contribution in [0.5, 0.6) is 5.75 Å². The molecule has 1 saturated carbocycles. The zero-order chi connectivity index (χ0) is 22.2. The maximum Gasteiger partial charge on any atom is 0.189 e. The Hall–Kier alpha value is -3.66. The minimum absolute atomic E-state index is 0.104. The zero-order valence-electron chi connectivity index (χ0n) is 17.6. The average Bonchev–Trinajstić information content (AvgIpc) is 2.82. The van der Waals surface area contributed by atoms with Gasteiger partial charge in [-0.15, -0.1) is 0 Å². The molecule has 2 aromatic rings. The van der Waals surface area contributed by atoms with E-state index in [0.717, 1.165) is 47.3 Å². The van der Waals surface area contributed by atoms with E-state index in [1.165, 1.54) is 4.90 Å². The van der Waals surface area contributed by atoms with Gasteiger partial charge in [0.1, 0.15) is 11.7 Å². The van der Waals surface area contributed by atoms with Crippen LogP contribution in [-0.2, 0) is 0 Å². The third-order valence-corrected chi connectivity index (χ3v) is 6.93. The first-order valence-electron chi connectivity index (χ1n) is 10.5. The van der Waals surface area contributed by atoms with Gasteiger partial charge in [0.2, 0.25) is 0 Å². The maximum absolute atomic E-state index is 10.3. The van der Waals surface area contributed by atoms with Gasteiger partial charge in [-0.2, -0.15) is 15.8 Å². The molecule has 2 aliphatic rings. The van der Waals surface area contributed by atoms with E-state index < -0.39 is 17.3 Å². The molecule has 31 heavy (non-hydrogen) atoms. The van der Waals surface area contributed by atoms with E-state index in [0.29, 0.717) is 0 Å². The van der Waals surface area contributed by atoms with Crippen LogP contribution in [0.15, 0.2) is 48.0 Å². The number of rotatable bonds is 3. The summed E-state index contributed by atoms with van der Waals surface area (Å²) in [4.78, 5) is 1.34. The summed E-state index contributed by atoms with van der Waals surface area (Å²) in [7, 11) is 1.62. The molecule has 1 aliphatic carbocycles. The first kappa shape index (κ1) is 20.6. The number of ether oxygens (including phenoxy) is 1. The molecule has 4 rings (SSSR count). The van der Waals surface area contributed by atoms with E-state index in [-0.39, 0.29) is 11.6 Å². The van der Waals surface area contributed by atoms with Crippen molar-refractivity contribution < 1.29 is 9.64 Å². The largest absolute Gasteiger partial charge is 0.496 e. The minimum atomic E-state index is -1.70. The first-order valence-corrected chi connectivity index (χ1v) is 10.5. The van der Waals surface area contributed by atoms with E-state index >= 15 is 0 Å². The molecule has 6 heteroatoms. The Morgan fingerprint density at radius 2 is 1.84 bits per heavy atom. The normalized spacial score (nSPS) is 26.7. The minimum Gasteiger partial charge on any atom is -0.496 e. The number of quaternary nitrogens is 1. The third kappa shape index (κ3) is 2.90. The molecule has 2 N–H and O–H groups in total. The van der Waals surface area contributed by atoms with Gasteiger partial charge in [-0.1, -0.05) is 30.3 Å². The number of nitrogens with one attached hydrogen (secondary N) is 2. The molecule has 4 atom stereocenters. The topological polar surface area (TPSA) is 109 Å². The van der Waals surface area contributed by atoms with Crippen LogP contribution in [0.4, 0.5) is 0 Å². The Labute approximate surface area is 182 Å². The van der Waals surface area contributed by atoms with Crippen molar-refractivity contribution in [1.82, 2.24) is 0 Å². The Balaban J connectivity index is 2.04. The average molecular weight is 411 g/mol.